The van der Waals surface area contributed by atoms with Crippen molar-refractivity contribution < 1.29 is 5.11 Å². The number of halogens is 3. The predicted molar refractivity (Wildman–Crippen MR) is 50.1 cm³/mol. The molecule has 0 unspecified atom stereocenters. The van der Waals surface area contributed by atoms with Crippen LogP contribution in [0.3, 0.4) is 0 Å². The highest BCUT2D eigenvalue weighted by Crippen LogP contribution is 2.29. The van der Waals surface area contributed by atoms with Crippen LogP contribution in [0.5, 0.6) is 0 Å². The van der Waals surface area contributed by atoms with Crippen LogP contribution in [0.4, 0.5) is 0 Å². The van der Waals surface area contributed by atoms with Gasteiger partial charge in [0.15, 0.2) is 0 Å². The summed E-state index contributed by atoms with van der Waals surface area (Å²) in [5, 5.41) is 9.67. The summed E-state index contributed by atoms with van der Waals surface area (Å²) in [5.74, 6) is 0. The highest BCUT2D eigenvalue weighted by Gasteiger charge is 2.04. The average Bonchev–Trinajstić information content (AvgIpc) is 1.96. The Morgan fingerprint density at radius 2 is 2.00 bits per heavy atom. The fourth-order valence-electron chi connectivity index (χ4n) is 0.724. The van der Waals surface area contributed by atoms with Crippen LogP contribution in [-0.4, -0.2) is 5.11 Å². The molecule has 4 heteroatoms. The second kappa shape index (κ2) is 3.76. The van der Waals surface area contributed by atoms with E-state index in [9.17, 15) is 0 Å². The minimum atomic E-state index is -0.0992. The standard InChI is InChI=1S/C7H5BrCl2O/c8-5-1-4(3-11)7(10)6(9)2-5/h1-2,11H,3H2. The van der Waals surface area contributed by atoms with Crippen molar-refractivity contribution in [3.05, 3.63) is 32.2 Å². The summed E-state index contributed by atoms with van der Waals surface area (Å²) < 4.78 is 0.816. The molecular formula is C7H5BrCl2O. The maximum Gasteiger partial charge on any atom is 0.0697 e. The first-order valence-corrected chi connectivity index (χ1v) is 4.44. The lowest BCUT2D eigenvalue weighted by molar-refractivity contribution is 0.282. The van der Waals surface area contributed by atoms with E-state index in [1.54, 1.807) is 12.1 Å². The minimum absolute atomic E-state index is 0.0992. The topological polar surface area (TPSA) is 20.2 Å². The van der Waals surface area contributed by atoms with Crippen LogP contribution in [0.15, 0.2) is 16.6 Å². The third kappa shape index (κ3) is 2.09. The molecular weight excluding hydrogens is 251 g/mol. The van der Waals surface area contributed by atoms with Gasteiger partial charge in [0.2, 0.25) is 0 Å². The van der Waals surface area contributed by atoms with Gasteiger partial charge in [-0.15, -0.1) is 0 Å². The van der Waals surface area contributed by atoms with Crippen LogP contribution < -0.4 is 0 Å². The summed E-state index contributed by atoms with van der Waals surface area (Å²) in [6, 6.07) is 3.41. The summed E-state index contributed by atoms with van der Waals surface area (Å²) in [6.07, 6.45) is 0. The van der Waals surface area contributed by atoms with Gasteiger partial charge in [-0.25, -0.2) is 0 Å². The molecule has 0 bridgehead atoms. The molecule has 0 aliphatic heterocycles. The highest BCUT2D eigenvalue weighted by atomic mass is 79.9. The van der Waals surface area contributed by atoms with E-state index >= 15 is 0 Å². The van der Waals surface area contributed by atoms with E-state index in [0.29, 0.717) is 15.6 Å². The summed E-state index contributed by atoms with van der Waals surface area (Å²) >= 11 is 14.7. The first kappa shape index (κ1) is 9.33. The van der Waals surface area contributed by atoms with E-state index in [-0.39, 0.29) is 6.61 Å². The van der Waals surface area contributed by atoms with E-state index in [2.05, 4.69) is 15.9 Å². The zero-order valence-electron chi connectivity index (χ0n) is 5.44. The van der Waals surface area contributed by atoms with Crippen molar-refractivity contribution in [2.45, 2.75) is 6.61 Å². The maximum atomic E-state index is 8.80. The first-order valence-electron chi connectivity index (χ1n) is 2.89. The van der Waals surface area contributed by atoms with E-state index in [0.717, 1.165) is 4.47 Å². The summed E-state index contributed by atoms with van der Waals surface area (Å²) in [6.45, 7) is -0.0992. The predicted octanol–water partition coefficient (Wildman–Crippen LogP) is 3.25. The number of aliphatic hydroxyl groups excluding tert-OH is 1. The molecule has 1 aromatic rings. The Bertz CT molecular complexity index is 275. The lowest BCUT2D eigenvalue weighted by Crippen LogP contribution is -1.85. The molecule has 0 atom stereocenters. The number of hydrogen-bond donors (Lipinski definition) is 1. The van der Waals surface area contributed by atoms with E-state index in [1.165, 1.54) is 0 Å². The van der Waals surface area contributed by atoms with Crippen molar-refractivity contribution in [2.24, 2.45) is 0 Å². The van der Waals surface area contributed by atoms with Crippen LogP contribution in [0.25, 0.3) is 0 Å². The van der Waals surface area contributed by atoms with E-state index in [1.807, 2.05) is 0 Å². The Morgan fingerprint density at radius 1 is 1.36 bits per heavy atom. The number of hydrogen-bond acceptors (Lipinski definition) is 1. The Balaban J connectivity index is 3.24. The van der Waals surface area contributed by atoms with Crippen LogP contribution in [0, 0.1) is 0 Å². The minimum Gasteiger partial charge on any atom is -0.392 e. The van der Waals surface area contributed by atoms with Crippen LogP contribution in [-0.2, 0) is 6.61 Å². The largest absolute Gasteiger partial charge is 0.392 e. The van der Waals surface area contributed by atoms with Crippen molar-refractivity contribution in [2.75, 3.05) is 0 Å². The smallest absolute Gasteiger partial charge is 0.0697 e. The Hall–Kier alpha value is 0.240. The lowest BCUT2D eigenvalue weighted by atomic mass is 10.2. The Labute approximate surface area is 83.1 Å². The zero-order valence-corrected chi connectivity index (χ0v) is 8.54. The molecule has 0 heterocycles. The van der Waals surface area contributed by atoms with Crippen molar-refractivity contribution in [3.63, 3.8) is 0 Å². The van der Waals surface area contributed by atoms with Crippen molar-refractivity contribution in [3.8, 4) is 0 Å². The molecule has 0 aliphatic rings. The van der Waals surface area contributed by atoms with Crippen LogP contribution in [0.2, 0.25) is 10.0 Å². The SMILES string of the molecule is OCc1cc(Br)cc(Cl)c1Cl. The van der Waals surface area contributed by atoms with Crippen molar-refractivity contribution in [1.29, 1.82) is 0 Å². The number of aliphatic hydroxyl groups is 1. The molecule has 0 amide bonds. The number of rotatable bonds is 1. The Morgan fingerprint density at radius 3 is 2.55 bits per heavy atom. The molecule has 60 valence electrons. The van der Waals surface area contributed by atoms with E-state index in [4.69, 9.17) is 28.3 Å². The molecule has 1 aromatic carbocycles. The quantitative estimate of drug-likeness (QED) is 0.764. The van der Waals surface area contributed by atoms with Crippen molar-refractivity contribution >= 4 is 39.1 Å². The molecule has 0 saturated heterocycles. The summed E-state index contributed by atoms with van der Waals surface area (Å²) in [7, 11) is 0. The molecule has 1 N–H and O–H groups in total. The van der Waals surface area contributed by atoms with Gasteiger partial charge in [-0.05, 0) is 17.7 Å². The van der Waals surface area contributed by atoms with Gasteiger partial charge in [-0.2, -0.15) is 0 Å². The second-order valence-electron chi connectivity index (χ2n) is 2.02. The normalized spacial score (nSPS) is 10.2. The second-order valence-corrected chi connectivity index (χ2v) is 3.72. The third-order valence-corrected chi connectivity index (χ3v) is 2.54. The fraction of sp³-hybridized carbons (Fsp3) is 0.143. The van der Waals surface area contributed by atoms with Gasteiger partial charge in [-0.1, -0.05) is 39.1 Å². The van der Waals surface area contributed by atoms with Gasteiger partial charge in [0.05, 0.1) is 16.7 Å². The lowest BCUT2D eigenvalue weighted by Gasteiger charge is -2.02. The molecule has 0 aliphatic carbocycles. The first-order chi connectivity index (χ1) is 5.15. The van der Waals surface area contributed by atoms with Gasteiger partial charge < -0.3 is 5.11 Å². The molecule has 0 spiro atoms. The van der Waals surface area contributed by atoms with Crippen molar-refractivity contribution in [1.82, 2.24) is 0 Å². The maximum absolute atomic E-state index is 8.80. The summed E-state index contributed by atoms with van der Waals surface area (Å²) in [4.78, 5) is 0. The molecule has 1 rings (SSSR count). The monoisotopic (exact) mass is 254 g/mol. The van der Waals surface area contributed by atoms with Gasteiger partial charge in [0.25, 0.3) is 0 Å². The van der Waals surface area contributed by atoms with Gasteiger partial charge in [0.1, 0.15) is 0 Å². The van der Waals surface area contributed by atoms with Gasteiger partial charge in [0, 0.05) is 4.47 Å². The highest BCUT2D eigenvalue weighted by molar-refractivity contribution is 9.10. The average molecular weight is 256 g/mol. The molecule has 0 fully saturated rings. The van der Waals surface area contributed by atoms with Gasteiger partial charge >= 0.3 is 0 Å². The third-order valence-electron chi connectivity index (χ3n) is 1.24. The molecule has 11 heavy (non-hydrogen) atoms. The van der Waals surface area contributed by atoms with Crippen LogP contribution in [0.1, 0.15) is 5.56 Å². The van der Waals surface area contributed by atoms with E-state index < -0.39 is 0 Å². The fourth-order valence-corrected chi connectivity index (χ4v) is 1.77. The zero-order chi connectivity index (χ0) is 8.43. The van der Waals surface area contributed by atoms with Crippen LogP contribution >= 0.6 is 39.1 Å². The molecule has 0 radical (unpaired) electrons. The molecule has 0 aromatic heterocycles. The summed E-state index contributed by atoms with van der Waals surface area (Å²) in [5.41, 5.74) is 0.631. The Kier molecular flexibility index (Phi) is 3.19. The van der Waals surface area contributed by atoms with Gasteiger partial charge in [-0.3, -0.25) is 0 Å². The molecule has 1 nitrogen and oxygen atoms in total. The molecule has 0 saturated carbocycles. The number of benzene rings is 1.